The lowest BCUT2D eigenvalue weighted by Gasteiger charge is -2.21. The summed E-state index contributed by atoms with van der Waals surface area (Å²) in [5, 5.41) is 0. The van der Waals surface area contributed by atoms with Crippen molar-refractivity contribution in [3.63, 3.8) is 0 Å². The van der Waals surface area contributed by atoms with Crippen molar-refractivity contribution in [1.29, 1.82) is 0 Å². The van der Waals surface area contributed by atoms with Crippen molar-refractivity contribution >= 4 is 27.6 Å². The van der Waals surface area contributed by atoms with Crippen LogP contribution < -0.4 is 9.04 Å². The third-order valence-corrected chi connectivity index (χ3v) is 7.06. The van der Waals surface area contributed by atoms with Crippen molar-refractivity contribution in [2.75, 3.05) is 32.1 Å². The van der Waals surface area contributed by atoms with Crippen LogP contribution >= 0.6 is 0 Å². The normalized spacial score (nSPS) is 10.9. The van der Waals surface area contributed by atoms with Gasteiger partial charge in [-0.25, -0.2) is 13.2 Å². The maximum absolute atomic E-state index is 13.2. The molecule has 0 aliphatic heterocycles. The van der Waals surface area contributed by atoms with Crippen LogP contribution in [0.3, 0.4) is 0 Å². The predicted octanol–water partition coefficient (Wildman–Crippen LogP) is 3.34. The van der Waals surface area contributed by atoms with Gasteiger partial charge in [0.15, 0.2) is 6.61 Å². The molecule has 0 aromatic heterocycles. The molecule has 3 aromatic rings. The minimum Gasteiger partial charge on any atom is -0.496 e. The first-order valence-corrected chi connectivity index (χ1v) is 11.9. The van der Waals surface area contributed by atoms with Crippen LogP contribution in [0.2, 0.25) is 0 Å². The number of para-hydroxylation sites is 2. The molecule has 0 aliphatic rings. The summed E-state index contributed by atoms with van der Waals surface area (Å²) < 4.78 is 38.0. The number of likely N-dealkylation sites (N-methyl/N-ethyl adjacent to an activating group) is 1. The average molecular weight is 483 g/mol. The highest BCUT2D eigenvalue weighted by molar-refractivity contribution is 7.92. The van der Waals surface area contributed by atoms with E-state index in [-0.39, 0.29) is 17.0 Å². The van der Waals surface area contributed by atoms with E-state index in [4.69, 9.17) is 9.47 Å². The number of amides is 1. The van der Waals surface area contributed by atoms with Gasteiger partial charge in [0.2, 0.25) is 0 Å². The van der Waals surface area contributed by atoms with Crippen LogP contribution in [0.1, 0.15) is 15.9 Å². The lowest BCUT2D eigenvalue weighted by Crippen LogP contribution is -2.31. The molecule has 0 unspecified atom stereocenters. The number of ether oxygens (including phenoxy) is 2. The molecule has 0 spiro atoms. The Hall–Kier alpha value is -3.85. The van der Waals surface area contributed by atoms with E-state index in [1.165, 1.54) is 36.2 Å². The van der Waals surface area contributed by atoms with Crippen LogP contribution in [-0.4, -0.2) is 53.0 Å². The first kappa shape index (κ1) is 24.8. The van der Waals surface area contributed by atoms with Crippen molar-refractivity contribution in [1.82, 2.24) is 4.90 Å². The van der Waals surface area contributed by atoms with Gasteiger partial charge in [0.1, 0.15) is 10.6 Å². The molecule has 0 atom stereocenters. The maximum atomic E-state index is 13.2. The fraction of sp³-hybridized carbons (Fsp3) is 0.200. The number of sulfonamides is 1. The highest BCUT2D eigenvalue weighted by Crippen LogP contribution is 2.25. The van der Waals surface area contributed by atoms with E-state index in [9.17, 15) is 18.0 Å². The Labute approximate surface area is 199 Å². The van der Waals surface area contributed by atoms with Gasteiger partial charge in [-0.05, 0) is 30.3 Å². The molecule has 0 fully saturated rings. The Kier molecular flexibility index (Phi) is 7.91. The lowest BCUT2D eigenvalue weighted by atomic mass is 10.2. The SMILES string of the molecule is COc1ccccc1CN(C)C(=O)COC(=O)c1ccccc1S(=O)(=O)N(C)c1ccccc1. The van der Waals surface area contributed by atoms with Gasteiger partial charge in [0.05, 0.1) is 18.4 Å². The van der Waals surface area contributed by atoms with Crippen LogP contribution in [-0.2, 0) is 26.1 Å². The molecule has 178 valence electrons. The lowest BCUT2D eigenvalue weighted by molar-refractivity contribution is -0.133. The van der Waals surface area contributed by atoms with Crippen LogP contribution in [0.4, 0.5) is 5.69 Å². The van der Waals surface area contributed by atoms with Crippen LogP contribution in [0.5, 0.6) is 5.75 Å². The first-order valence-electron chi connectivity index (χ1n) is 10.4. The quantitative estimate of drug-likeness (QED) is 0.435. The minimum atomic E-state index is -4.05. The van der Waals surface area contributed by atoms with E-state index in [1.807, 2.05) is 18.2 Å². The summed E-state index contributed by atoms with van der Waals surface area (Å²) in [5.41, 5.74) is 1.09. The van der Waals surface area contributed by atoms with Crippen LogP contribution in [0.25, 0.3) is 0 Å². The third kappa shape index (κ3) is 5.55. The molecule has 0 bridgehead atoms. The summed E-state index contributed by atoms with van der Waals surface area (Å²) in [6.07, 6.45) is 0. The fourth-order valence-electron chi connectivity index (χ4n) is 3.28. The van der Waals surface area contributed by atoms with Gasteiger partial charge in [0, 0.05) is 26.2 Å². The monoisotopic (exact) mass is 482 g/mol. The minimum absolute atomic E-state index is 0.148. The molecule has 9 heteroatoms. The average Bonchev–Trinajstić information content (AvgIpc) is 2.87. The number of carbonyl (C=O) groups excluding carboxylic acids is 2. The van der Waals surface area contributed by atoms with E-state index in [1.54, 1.807) is 50.6 Å². The number of esters is 1. The predicted molar refractivity (Wildman–Crippen MR) is 128 cm³/mol. The molecule has 0 saturated carbocycles. The highest BCUT2D eigenvalue weighted by atomic mass is 32.2. The van der Waals surface area contributed by atoms with E-state index in [0.29, 0.717) is 11.4 Å². The van der Waals surface area contributed by atoms with Crippen molar-refractivity contribution < 1.29 is 27.5 Å². The molecule has 0 aliphatic carbocycles. The molecule has 1 amide bonds. The standard InChI is InChI=1S/C25H26N2O6S/c1-26(17-19-11-7-9-15-22(19)32-3)24(28)18-33-25(29)21-14-8-10-16-23(21)34(30,31)27(2)20-12-5-4-6-13-20/h4-16H,17-18H2,1-3H3. The molecule has 0 radical (unpaired) electrons. The Morgan fingerprint density at radius 3 is 2.18 bits per heavy atom. The molecule has 0 saturated heterocycles. The molecule has 8 nitrogen and oxygen atoms in total. The second-order valence-corrected chi connectivity index (χ2v) is 9.38. The third-order valence-electron chi connectivity index (χ3n) is 5.22. The molecule has 34 heavy (non-hydrogen) atoms. The topological polar surface area (TPSA) is 93.2 Å². The Bertz CT molecular complexity index is 1260. The zero-order valence-electron chi connectivity index (χ0n) is 19.2. The largest absolute Gasteiger partial charge is 0.496 e. The zero-order valence-corrected chi connectivity index (χ0v) is 20.0. The Morgan fingerprint density at radius 1 is 0.853 bits per heavy atom. The summed E-state index contributed by atoms with van der Waals surface area (Å²) in [5.74, 6) is -0.707. The first-order chi connectivity index (χ1) is 16.3. The number of carbonyl (C=O) groups is 2. The number of methoxy groups -OCH3 is 1. The van der Waals surface area contributed by atoms with E-state index < -0.39 is 28.5 Å². The summed E-state index contributed by atoms with van der Waals surface area (Å²) >= 11 is 0. The highest BCUT2D eigenvalue weighted by Gasteiger charge is 2.28. The van der Waals surface area contributed by atoms with Crippen molar-refractivity contribution in [3.8, 4) is 5.75 Å². The molecular formula is C25H26N2O6S. The molecule has 0 N–H and O–H groups in total. The summed E-state index contributed by atoms with van der Waals surface area (Å²) in [6.45, 7) is -0.277. The zero-order chi connectivity index (χ0) is 24.7. The van der Waals surface area contributed by atoms with Gasteiger partial charge in [-0.3, -0.25) is 9.10 Å². The number of benzene rings is 3. The molecular weight excluding hydrogens is 456 g/mol. The summed E-state index contributed by atoms with van der Waals surface area (Å²) in [6, 6.07) is 21.5. The van der Waals surface area contributed by atoms with E-state index >= 15 is 0 Å². The number of rotatable bonds is 9. The van der Waals surface area contributed by atoms with E-state index in [2.05, 4.69) is 0 Å². The van der Waals surface area contributed by atoms with E-state index in [0.717, 1.165) is 9.87 Å². The smallest absolute Gasteiger partial charge is 0.340 e. The molecule has 0 heterocycles. The van der Waals surface area contributed by atoms with Crippen LogP contribution in [0, 0.1) is 0 Å². The molecule has 3 rings (SSSR count). The fourth-order valence-corrected chi connectivity index (χ4v) is 4.65. The van der Waals surface area contributed by atoms with Crippen molar-refractivity contribution in [2.24, 2.45) is 0 Å². The second-order valence-electron chi connectivity index (χ2n) is 7.44. The van der Waals surface area contributed by atoms with Gasteiger partial charge in [-0.2, -0.15) is 0 Å². The van der Waals surface area contributed by atoms with Gasteiger partial charge >= 0.3 is 5.97 Å². The number of hydrogen-bond donors (Lipinski definition) is 0. The second kappa shape index (κ2) is 10.8. The summed E-state index contributed by atoms with van der Waals surface area (Å²) in [7, 11) is 0.482. The number of hydrogen-bond acceptors (Lipinski definition) is 6. The van der Waals surface area contributed by atoms with Crippen LogP contribution in [0.15, 0.2) is 83.8 Å². The van der Waals surface area contributed by atoms with Gasteiger partial charge in [0.25, 0.3) is 15.9 Å². The van der Waals surface area contributed by atoms with Crippen molar-refractivity contribution in [3.05, 3.63) is 90.0 Å². The number of nitrogens with zero attached hydrogens (tertiary/aromatic N) is 2. The van der Waals surface area contributed by atoms with Gasteiger partial charge < -0.3 is 14.4 Å². The summed E-state index contributed by atoms with van der Waals surface area (Å²) in [4.78, 5) is 26.5. The Morgan fingerprint density at radius 2 is 1.47 bits per heavy atom. The van der Waals surface area contributed by atoms with Gasteiger partial charge in [-0.1, -0.05) is 48.5 Å². The maximum Gasteiger partial charge on any atom is 0.340 e. The Balaban J connectivity index is 1.72. The van der Waals surface area contributed by atoms with Crippen molar-refractivity contribution in [2.45, 2.75) is 11.4 Å². The molecule has 3 aromatic carbocycles. The number of anilines is 1. The van der Waals surface area contributed by atoms with Gasteiger partial charge in [-0.15, -0.1) is 0 Å².